The number of fused-ring (bicyclic) bond motifs is 1. The third kappa shape index (κ3) is 5.18. The molecule has 2 heterocycles. The van der Waals surface area contributed by atoms with Gasteiger partial charge in [0, 0.05) is 35.5 Å². The Morgan fingerprint density at radius 2 is 1.81 bits per heavy atom. The second-order valence-electron chi connectivity index (χ2n) is 9.15. The molecule has 0 bridgehead atoms. The van der Waals surface area contributed by atoms with Crippen molar-refractivity contribution < 1.29 is 27.9 Å². The van der Waals surface area contributed by atoms with Crippen molar-refractivity contribution in [1.82, 2.24) is 14.7 Å². The molecule has 1 saturated heterocycles. The van der Waals surface area contributed by atoms with Crippen molar-refractivity contribution in [2.75, 3.05) is 13.1 Å². The number of nitrogens with zero attached hydrogens (tertiary/aromatic N) is 3. The first-order valence-electron chi connectivity index (χ1n) is 11.4. The maximum absolute atomic E-state index is 13.3. The van der Waals surface area contributed by atoms with Gasteiger partial charge in [-0.3, -0.25) is 14.3 Å². The van der Waals surface area contributed by atoms with Crippen molar-refractivity contribution >= 4 is 46.0 Å². The summed E-state index contributed by atoms with van der Waals surface area (Å²) >= 11 is 13.1. The van der Waals surface area contributed by atoms with Crippen molar-refractivity contribution in [3.63, 3.8) is 0 Å². The van der Waals surface area contributed by atoms with Crippen LogP contribution in [0.1, 0.15) is 52.0 Å². The fourth-order valence-electron chi connectivity index (χ4n) is 4.78. The minimum absolute atomic E-state index is 0.0280. The molecule has 6 nitrogen and oxygen atoms in total. The van der Waals surface area contributed by atoms with Crippen molar-refractivity contribution in [2.45, 2.75) is 45.8 Å². The van der Waals surface area contributed by atoms with E-state index in [2.05, 4.69) is 5.10 Å². The first-order valence-corrected chi connectivity index (χ1v) is 12.1. The van der Waals surface area contributed by atoms with Gasteiger partial charge in [0.2, 0.25) is 0 Å². The Morgan fingerprint density at radius 1 is 1.14 bits per heavy atom. The molecule has 0 unspecified atom stereocenters. The third-order valence-electron chi connectivity index (χ3n) is 6.64. The van der Waals surface area contributed by atoms with E-state index in [1.165, 1.54) is 0 Å². The fourth-order valence-corrected chi connectivity index (χ4v) is 5.35. The monoisotopic (exact) mass is 541 g/mol. The maximum Gasteiger partial charge on any atom is 0.416 e. The molecule has 1 aliphatic heterocycles. The molecule has 1 amide bonds. The summed E-state index contributed by atoms with van der Waals surface area (Å²) in [5.74, 6) is -1.10. The molecule has 0 saturated carbocycles. The van der Waals surface area contributed by atoms with Crippen molar-refractivity contribution in [1.29, 1.82) is 0 Å². The number of alkyl halides is 3. The molecule has 1 aromatic heterocycles. The molecular formula is C25H24Cl2F3N3O3. The minimum atomic E-state index is -4.48. The van der Waals surface area contributed by atoms with Crippen molar-refractivity contribution in [3.05, 3.63) is 62.3 Å². The fraction of sp³-hybridized carbons (Fsp3) is 0.400. The summed E-state index contributed by atoms with van der Waals surface area (Å²) < 4.78 is 41.5. The van der Waals surface area contributed by atoms with Crippen LogP contribution in [-0.4, -0.2) is 44.8 Å². The minimum Gasteiger partial charge on any atom is -0.481 e. The lowest BCUT2D eigenvalue weighted by Crippen LogP contribution is -2.39. The predicted octanol–water partition coefficient (Wildman–Crippen LogP) is 6.35. The third-order valence-corrected chi connectivity index (χ3v) is 7.42. The highest BCUT2D eigenvalue weighted by molar-refractivity contribution is 6.38. The molecule has 1 aliphatic rings. The van der Waals surface area contributed by atoms with Gasteiger partial charge in [0.05, 0.1) is 33.9 Å². The van der Waals surface area contributed by atoms with Gasteiger partial charge in [-0.2, -0.15) is 18.3 Å². The first kappa shape index (κ1) is 26.3. The van der Waals surface area contributed by atoms with E-state index < -0.39 is 17.7 Å². The van der Waals surface area contributed by atoms with Crippen LogP contribution in [0, 0.1) is 19.8 Å². The van der Waals surface area contributed by atoms with Crippen LogP contribution in [0.25, 0.3) is 10.9 Å². The van der Waals surface area contributed by atoms with Gasteiger partial charge in [-0.15, -0.1) is 0 Å². The molecule has 36 heavy (non-hydrogen) atoms. The van der Waals surface area contributed by atoms with Crippen LogP contribution in [0.2, 0.25) is 10.0 Å². The van der Waals surface area contributed by atoms with Crippen molar-refractivity contribution in [2.24, 2.45) is 5.92 Å². The van der Waals surface area contributed by atoms with Crippen LogP contribution in [-0.2, 0) is 17.5 Å². The number of carbonyl (C=O) groups is 2. The molecule has 0 atom stereocenters. The Balaban J connectivity index is 1.64. The van der Waals surface area contributed by atoms with E-state index in [-0.39, 0.29) is 35.4 Å². The zero-order chi connectivity index (χ0) is 26.4. The lowest BCUT2D eigenvalue weighted by atomic mass is 9.93. The highest BCUT2D eigenvalue weighted by Crippen LogP contribution is 2.36. The number of hydrogen-bond acceptors (Lipinski definition) is 3. The summed E-state index contributed by atoms with van der Waals surface area (Å²) in [4.78, 5) is 25.8. The van der Waals surface area contributed by atoms with Crippen LogP contribution < -0.4 is 0 Å². The molecule has 0 spiro atoms. The summed E-state index contributed by atoms with van der Waals surface area (Å²) in [6.45, 7) is 4.14. The van der Waals surface area contributed by atoms with E-state index in [0.29, 0.717) is 58.7 Å². The van der Waals surface area contributed by atoms with Gasteiger partial charge in [-0.25, -0.2) is 0 Å². The van der Waals surface area contributed by atoms with Crippen LogP contribution in [0.3, 0.4) is 0 Å². The molecular weight excluding hydrogens is 518 g/mol. The standard InChI is InChI=1S/C25H24Cl2F3N3O3/c1-13-9-16(25(28,29)30)11-18-14(2)31-33(23(13)18)12-19-20(26)4-3-17(22(19)27)24(36)32-7-5-15(6-8-32)10-21(34)35/h3-4,9,11,15H,5-8,10,12H2,1-2H3,(H,34,35). The largest absolute Gasteiger partial charge is 0.481 e. The quantitative estimate of drug-likeness (QED) is 0.408. The normalized spacial score (nSPS) is 15.0. The highest BCUT2D eigenvalue weighted by Gasteiger charge is 2.32. The molecule has 1 N–H and O–H groups in total. The van der Waals surface area contributed by atoms with Gasteiger partial charge < -0.3 is 10.0 Å². The SMILES string of the molecule is Cc1nn(Cc2c(Cl)ccc(C(=O)N3CCC(CC(=O)O)CC3)c2Cl)c2c(C)cc(C(F)(F)F)cc12. The summed E-state index contributed by atoms with van der Waals surface area (Å²) in [7, 11) is 0. The molecule has 11 heteroatoms. The average molecular weight is 542 g/mol. The van der Waals surface area contributed by atoms with Gasteiger partial charge in [0.25, 0.3) is 5.91 Å². The van der Waals surface area contributed by atoms with Crippen LogP contribution >= 0.6 is 23.2 Å². The first-order chi connectivity index (χ1) is 16.9. The summed E-state index contributed by atoms with van der Waals surface area (Å²) in [5, 5.41) is 14.3. The summed E-state index contributed by atoms with van der Waals surface area (Å²) in [6, 6.07) is 5.28. The number of piperidine rings is 1. The number of carboxylic acid groups (broad SMARTS) is 1. The average Bonchev–Trinajstić information content (AvgIpc) is 3.11. The number of amides is 1. The lowest BCUT2D eigenvalue weighted by Gasteiger charge is -2.31. The number of halogens is 5. The van der Waals surface area contributed by atoms with Crippen LogP contribution in [0.15, 0.2) is 24.3 Å². The van der Waals surface area contributed by atoms with E-state index in [4.69, 9.17) is 28.3 Å². The number of benzene rings is 2. The zero-order valence-corrected chi connectivity index (χ0v) is 21.1. The molecule has 192 valence electrons. The Morgan fingerprint density at radius 3 is 2.42 bits per heavy atom. The number of aliphatic carboxylic acids is 1. The topological polar surface area (TPSA) is 75.4 Å². The van der Waals surface area contributed by atoms with Gasteiger partial charge in [-0.05, 0) is 62.4 Å². The van der Waals surface area contributed by atoms with E-state index >= 15 is 0 Å². The van der Waals surface area contributed by atoms with E-state index in [0.717, 1.165) is 12.1 Å². The summed E-state index contributed by atoms with van der Waals surface area (Å²) in [5.41, 5.74) is 1.33. The molecule has 4 rings (SSSR count). The number of rotatable bonds is 5. The molecule has 2 aromatic carbocycles. The van der Waals surface area contributed by atoms with E-state index in [1.807, 2.05) is 0 Å². The zero-order valence-electron chi connectivity index (χ0n) is 19.6. The lowest BCUT2D eigenvalue weighted by molar-refractivity contribution is -0.139. The number of carboxylic acids is 1. The van der Waals surface area contributed by atoms with Gasteiger partial charge in [0.1, 0.15) is 0 Å². The highest BCUT2D eigenvalue weighted by atomic mass is 35.5. The number of aromatic nitrogens is 2. The van der Waals surface area contributed by atoms with E-state index in [9.17, 15) is 22.8 Å². The summed E-state index contributed by atoms with van der Waals surface area (Å²) in [6.07, 6.45) is -3.21. The number of carbonyl (C=O) groups excluding carboxylic acids is 1. The Kier molecular flexibility index (Phi) is 7.26. The Bertz CT molecular complexity index is 1350. The van der Waals surface area contributed by atoms with Crippen molar-refractivity contribution in [3.8, 4) is 0 Å². The number of aryl methyl sites for hydroxylation is 2. The number of likely N-dealkylation sites (tertiary alicyclic amines) is 1. The van der Waals surface area contributed by atoms with Gasteiger partial charge in [0.15, 0.2) is 0 Å². The maximum atomic E-state index is 13.3. The molecule has 3 aromatic rings. The Hall–Kier alpha value is -2.78. The molecule has 0 radical (unpaired) electrons. The van der Waals surface area contributed by atoms with E-state index in [1.54, 1.807) is 35.6 Å². The van der Waals surface area contributed by atoms with Gasteiger partial charge in [-0.1, -0.05) is 23.2 Å². The smallest absolute Gasteiger partial charge is 0.416 e. The second kappa shape index (κ2) is 9.94. The van der Waals surface area contributed by atoms with Crippen LogP contribution in [0.4, 0.5) is 13.2 Å². The van der Waals surface area contributed by atoms with Crippen LogP contribution in [0.5, 0.6) is 0 Å². The van der Waals surface area contributed by atoms with Gasteiger partial charge >= 0.3 is 12.1 Å². The predicted molar refractivity (Wildman–Crippen MR) is 131 cm³/mol. The Labute approximate surface area is 215 Å². The number of hydrogen-bond donors (Lipinski definition) is 1. The second-order valence-corrected chi connectivity index (χ2v) is 9.94. The molecule has 0 aliphatic carbocycles. The molecule has 1 fully saturated rings.